The average molecular weight is 296 g/mol. The van der Waals surface area contributed by atoms with Gasteiger partial charge in [0.05, 0.1) is 0 Å². The van der Waals surface area contributed by atoms with Gasteiger partial charge in [0.25, 0.3) is 0 Å². The van der Waals surface area contributed by atoms with E-state index in [1.807, 2.05) is 13.8 Å². The second-order valence-electron chi connectivity index (χ2n) is 6.21. The molecule has 0 bridgehead atoms. The van der Waals surface area contributed by atoms with Crippen LogP contribution in [0.1, 0.15) is 25.5 Å². The summed E-state index contributed by atoms with van der Waals surface area (Å²) in [4.78, 5) is 2.18. The van der Waals surface area contributed by atoms with Gasteiger partial charge in [0.15, 0.2) is 11.5 Å². The fraction of sp³-hybridized carbons (Fsp3) is 0.600. The summed E-state index contributed by atoms with van der Waals surface area (Å²) in [6.07, 6.45) is 0. The number of phenolic OH excluding ortho intramolecular Hbond substituents is 3. The van der Waals surface area contributed by atoms with Crippen molar-refractivity contribution in [3.05, 3.63) is 17.7 Å². The summed E-state index contributed by atoms with van der Waals surface area (Å²) in [5, 5.41) is 42.5. The van der Waals surface area contributed by atoms with Crippen LogP contribution in [0, 0.1) is 5.41 Å². The Hall–Kier alpha value is -1.50. The van der Waals surface area contributed by atoms with E-state index in [1.165, 1.54) is 6.07 Å². The average Bonchev–Trinajstić information content (AvgIpc) is 2.48. The largest absolute Gasteiger partial charge is 0.504 e. The van der Waals surface area contributed by atoms with Gasteiger partial charge in [-0.05, 0) is 12.1 Å². The van der Waals surface area contributed by atoms with E-state index in [0.717, 1.165) is 26.2 Å². The first kappa shape index (κ1) is 15.9. The Morgan fingerprint density at radius 2 is 1.76 bits per heavy atom. The van der Waals surface area contributed by atoms with Crippen LogP contribution < -0.4 is 5.32 Å². The second kappa shape index (κ2) is 6.09. The van der Waals surface area contributed by atoms with Crippen LogP contribution in [0.5, 0.6) is 17.2 Å². The first-order chi connectivity index (χ1) is 9.88. The van der Waals surface area contributed by atoms with Gasteiger partial charge in [0.1, 0.15) is 0 Å². The fourth-order valence-corrected chi connectivity index (χ4v) is 2.94. The van der Waals surface area contributed by atoms with Crippen LogP contribution in [0.4, 0.5) is 0 Å². The van der Waals surface area contributed by atoms with Crippen molar-refractivity contribution in [1.82, 2.24) is 10.2 Å². The van der Waals surface area contributed by atoms with Crippen LogP contribution in [0.3, 0.4) is 0 Å². The molecule has 1 heterocycles. The van der Waals surface area contributed by atoms with Gasteiger partial charge in [-0.3, -0.25) is 4.90 Å². The minimum Gasteiger partial charge on any atom is -0.504 e. The number of aliphatic hydroxyl groups excluding tert-OH is 1. The van der Waals surface area contributed by atoms with E-state index in [1.54, 1.807) is 6.07 Å². The third-order valence-corrected chi connectivity index (χ3v) is 4.12. The summed E-state index contributed by atoms with van der Waals surface area (Å²) in [6.45, 7) is 7.03. The number of nitrogens with one attached hydrogen (secondary N) is 1. The molecule has 1 fully saturated rings. The van der Waals surface area contributed by atoms with Gasteiger partial charge >= 0.3 is 0 Å². The van der Waals surface area contributed by atoms with Crippen LogP contribution in [-0.4, -0.2) is 58.1 Å². The van der Waals surface area contributed by atoms with Crippen LogP contribution >= 0.6 is 0 Å². The van der Waals surface area contributed by atoms with Crippen molar-refractivity contribution < 1.29 is 20.4 Å². The molecule has 5 N–H and O–H groups in total. The molecule has 2 rings (SSSR count). The maximum Gasteiger partial charge on any atom is 0.200 e. The SMILES string of the molecule is CC(C)(CO)[C@H](c1ccc(O)c(O)c1O)N1CCNCC1. The number of piperazine rings is 1. The molecule has 21 heavy (non-hydrogen) atoms. The molecular weight excluding hydrogens is 272 g/mol. The molecule has 1 atom stereocenters. The standard InChI is InChI=1S/C15H24N2O4/c1-15(2,9-18)14(17-7-5-16-6-8-17)10-3-4-11(19)13(21)12(10)20/h3-4,14,16,18-21H,5-9H2,1-2H3/t14-/m0/s1. The van der Waals surface area contributed by atoms with Crippen molar-refractivity contribution in [3.8, 4) is 17.2 Å². The maximum absolute atomic E-state index is 10.2. The Bertz CT molecular complexity index is 499. The highest BCUT2D eigenvalue weighted by Crippen LogP contribution is 2.47. The lowest BCUT2D eigenvalue weighted by atomic mass is 9.79. The quantitative estimate of drug-likeness (QED) is 0.527. The van der Waals surface area contributed by atoms with E-state index in [-0.39, 0.29) is 24.1 Å². The minimum atomic E-state index is -0.513. The Morgan fingerprint density at radius 3 is 2.33 bits per heavy atom. The molecule has 0 unspecified atom stereocenters. The van der Waals surface area contributed by atoms with Crippen molar-refractivity contribution in [2.24, 2.45) is 5.41 Å². The van der Waals surface area contributed by atoms with Crippen molar-refractivity contribution in [2.45, 2.75) is 19.9 Å². The van der Waals surface area contributed by atoms with Crippen LogP contribution in [-0.2, 0) is 0 Å². The van der Waals surface area contributed by atoms with Gasteiger partial charge in [0.2, 0.25) is 5.75 Å². The zero-order chi connectivity index (χ0) is 15.6. The van der Waals surface area contributed by atoms with Gasteiger partial charge < -0.3 is 25.7 Å². The van der Waals surface area contributed by atoms with E-state index in [9.17, 15) is 20.4 Å². The molecule has 0 aromatic heterocycles. The fourth-order valence-electron chi connectivity index (χ4n) is 2.94. The number of aliphatic hydroxyl groups is 1. The Balaban J connectivity index is 2.47. The third-order valence-electron chi connectivity index (χ3n) is 4.12. The first-order valence-electron chi connectivity index (χ1n) is 7.18. The molecule has 1 aliphatic rings. The molecule has 118 valence electrons. The number of hydrogen-bond donors (Lipinski definition) is 5. The van der Waals surface area contributed by atoms with Crippen LogP contribution in [0.15, 0.2) is 12.1 Å². The van der Waals surface area contributed by atoms with Gasteiger partial charge in [-0.25, -0.2) is 0 Å². The summed E-state index contributed by atoms with van der Waals surface area (Å²) in [7, 11) is 0. The van der Waals surface area contributed by atoms with Crippen molar-refractivity contribution in [3.63, 3.8) is 0 Å². The van der Waals surface area contributed by atoms with Crippen LogP contribution in [0.2, 0.25) is 0 Å². The van der Waals surface area contributed by atoms with Crippen molar-refractivity contribution in [1.29, 1.82) is 0 Å². The molecular formula is C15H24N2O4. The lowest BCUT2D eigenvalue weighted by molar-refractivity contribution is 0.0291. The van der Waals surface area contributed by atoms with Crippen molar-refractivity contribution >= 4 is 0 Å². The number of aromatic hydroxyl groups is 3. The Kier molecular flexibility index (Phi) is 4.61. The number of nitrogens with zero attached hydrogens (tertiary/aromatic N) is 1. The molecule has 0 amide bonds. The topological polar surface area (TPSA) is 96.2 Å². The molecule has 0 saturated carbocycles. The van der Waals surface area contributed by atoms with Crippen molar-refractivity contribution in [2.75, 3.05) is 32.8 Å². The van der Waals surface area contributed by atoms with Crippen LogP contribution in [0.25, 0.3) is 0 Å². The first-order valence-corrected chi connectivity index (χ1v) is 7.18. The summed E-state index contributed by atoms with van der Waals surface area (Å²) >= 11 is 0. The van der Waals surface area contributed by atoms with E-state index >= 15 is 0 Å². The monoisotopic (exact) mass is 296 g/mol. The molecule has 1 aliphatic heterocycles. The molecule has 6 nitrogen and oxygen atoms in total. The van der Waals surface area contributed by atoms with Gasteiger partial charge in [-0.2, -0.15) is 0 Å². The molecule has 1 aromatic carbocycles. The zero-order valence-corrected chi connectivity index (χ0v) is 12.5. The smallest absolute Gasteiger partial charge is 0.200 e. The highest BCUT2D eigenvalue weighted by Gasteiger charge is 2.37. The highest BCUT2D eigenvalue weighted by molar-refractivity contribution is 5.54. The molecule has 6 heteroatoms. The zero-order valence-electron chi connectivity index (χ0n) is 12.5. The number of hydrogen-bond acceptors (Lipinski definition) is 6. The summed E-state index contributed by atoms with van der Waals surface area (Å²) in [6, 6.07) is 2.72. The molecule has 0 radical (unpaired) electrons. The number of phenols is 3. The highest BCUT2D eigenvalue weighted by atomic mass is 16.3. The Morgan fingerprint density at radius 1 is 1.14 bits per heavy atom. The summed E-state index contributed by atoms with van der Waals surface area (Å²) < 4.78 is 0. The summed E-state index contributed by atoms with van der Waals surface area (Å²) in [5.41, 5.74) is 0.0179. The van der Waals surface area contributed by atoms with E-state index in [4.69, 9.17) is 0 Å². The summed E-state index contributed by atoms with van der Waals surface area (Å²) in [5.74, 6) is -1.18. The predicted molar refractivity (Wildman–Crippen MR) is 79.5 cm³/mol. The lowest BCUT2D eigenvalue weighted by Gasteiger charge is -2.43. The number of benzene rings is 1. The minimum absolute atomic E-state index is 0.0529. The van der Waals surface area contributed by atoms with E-state index in [0.29, 0.717) is 5.56 Å². The Labute approximate surface area is 124 Å². The molecule has 0 spiro atoms. The van der Waals surface area contributed by atoms with E-state index < -0.39 is 11.2 Å². The maximum atomic E-state index is 10.2. The molecule has 1 saturated heterocycles. The predicted octanol–water partition coefficient (Wildman–Crippen LogP) is 0.768. The third kappa shape index (κ3) is 3.07. The van der Waals surface area contributed by atoms with Gasteiger partial charge in [-0.1, -0.05) is 13.8 Å². The van der Waals surface area contributed by atoms with Gasteiger partial charge in [-0.15, -0.1) is 0 Å². The normalized spacial score (nSPS) is 18.6. The number of rotatable bonds is 4. The lowest BCUT2D eigenvalue weighted by Crippen LogP contribution is -2.49. The van der Waals surface area contributed by atoms with E-state index in [2.05, 4.69) is 10.2 Å². The molecule has 1 aromatic rings. The molecule has 0 aliphatic carbocycles. The van der Waals surface area contributed by atoms with Gasteiger partial charge in [0, 0.05) is 49.8 Å². The second-order valence-corrected chi connectivity index (χ2v) is 6.21.